The third-order valence-corrected chi connectivity index (χ3v) is 8.72. The summed E-state index contributed by atoms with van der Waals surface area (Å²) >= 11 is 0. The second-order valence-corrected chi connectivity index (χ2v) is 12.9. The van der Waals surface area contributed by atoms with Crippen LogP contribution in [0, 0.1) is 0 Å². The zero-order valence-corrected chi connectivity index (χ0v) is 27.8. The summed E-state index contributed by atoms with van der Waals surface area (Å²) in [6.45, 7) is 7.05. The van der Waals surface area contributed by atoms with Gasteiger partial charge in [-0.3, -0.25) is 0 Å². The quantitative estimate of drug-likeness (QED) is 0.174. The lowest BCUT2D eigenvalue weighted by molar-refractivity contribution is 0.133. The first kappa shape index (κ1) is 30.3. The first-order chi connectivity index (χ1) is 22.8. The lowest BCUT2D eigenvalue weighted by Crippen LogP contribution is -2.23. The van der Waals surface area contributed by atoms with Gasteiger partial charge in [-0.25, -0.2) is 0 Å². The molecule has 0 atom stereocenters. The first-order valence-electron chi connectivity index (χ1n) is 16.0. The Morgan fingerprint density at radius 2 is 1.23 bits per heavy atom. The molecule has 2 heterocycles. The van der Waals surface area contributed by atoms with Crippen LogP contribution in [-0.2, 0) is 13.0 Å². The normalized spacial score (nSPS) is 11.8. The van der Waals surface area contributed by atoms with Gasteiger partial charge in [0.15, 0.2) is 0 Å². The van der Waals surface area contributed by atoms with E-state index in [1.807, 2.05) is 36.4 Å². The third kappa shape index (κ3) is 5.76. The zero-order chi connectivity index (χ0) is 32.7. The second-order valence-electron chi connectivity index (χ2n) is 12.9. The number of aromatic amines is 1. The van der Waals surface area contributed by atoms with Gasteiger partial charge in [0, 0.05) is 45.5 Å². The fourth-order valence-corrected chi connectivity index (χ4v) is 6.51. The molecule has 7 aromatic rings. The minimum absolute atomic E-state index is 0.339. The van der Waals surface area contributed by atoms with Gasteiger partial charge < -0.3 is 28.5 Å². The number of rotatable bonds is 9. The van der Waals surface area contributed by atoms with Crippen molar-refractivity contribution in [3.63, 3.8) is 0 Å². The van der Waals surface area contributed by atoms with Crippen LogP contribution in [0.25, 0.3) is 55.0 Å². The molecule has 0 radical (unpaired) electrons. The molecule has 0 saturated heterocycles. The molecule has 6 heteroatoms. The molecule has 0 unspecified atom stereocenters. The SMILES string of the molecule is COc1ccc(CCn2cc(-c3ccc(OC)cc3)c3c4c(cc(-c5ccc(OC)cc5)c32)[nH]c2c(OC(C)(C)C)cccc24)cc1. The van der Waals surface area contributed by atoms with Gasteiger partial charge >= 0.3 is 0 Å². The van der Waals surface area contributed by atoms with Crippen molar-refractivity contribution in [3.8, 4) is 45.3 Å². The Hall–Kier alpha value is -5.36. The van der Waals surface area contributed by atoms with E-state index in [4.69, 9.17) is 18.9 Å². The van der Waals surface area contributed by atoms with Crippen molar-refractivity contribution in [1.82, 2.24) is 9.55 Å². The minimum atomic E-state index is -0.339. The predicted molar refractivity (Wildman–Crippen MR) is 192 cm³/mol. The summed E-state index contributed by atoms with van der Waals surface area (Å²) in [7, 11) is 5.10. The number of fused-ring (bicyclic) bond motifs is 5. The highest BCUT2D eigenvalue weighted by atomic mass is 16.5. The topological polar surface area (TPSA) is 57.6 Å². The van der Waals surface area contributed by atoms with Gasteiger partial charge in [-0.2, -0.15) is 0 Å². The van der Waals surface area contributed by atoms with Crippen molar-refractivity contribution < 1.29 is 18.9 Å². The number of para-hydroxylation sites is 1. The lowest BCUT2D eigenvalue weighted by atomic mass is 9.95. The van der Waals surface area contributed by atoms with Crippen LogP contribution in [0.15, 0.2) is 103 Å². The summed E-state index contributed by atoms with van der Waals surface area (Å²) in [6, 6.07) is 33.7. The average molecular weight is 625 g/mol. The Kier molecular flexibility index (Phi) is 7.80. The van der Waals surface area contributed by atoms with Crippen LogP contribution < -0.4 is 18.9 Å². The van der Waals surface area contributed by atoms with Crippen LogP contribution in [0.5, 0.6) is 23.0 Å². The Morgan fingerprint density at radius 1 is 0.660 bits per heavy atom. The molecule has 0 fully saturated rings. The van der Waals surface area contributed by atoms with E-state index in [-0.39, 0.29) is 5.60 Å². The van der Waals surface area contributed by atoms with Crippen molar-refractivity contribution in [1.29, 1.82) is 0 Å². The predicted octanol–water partition coefficient (Wildman–Crippen LogP) is 10.1. The molecular weight excluding hydrogens is 584 g/mol. The molecular formula is C41H40N2O4. The van der Waals surface area contributed by atoms with Crippen LogP contribution in [0.2, 0.25) is 0 Å². The largest absolute Gasteiger partial charge is 0.497 e. The van der Waals surface area contributed by atoms with Crippen molar-refractivity contribution in [3.05, 3.63) is 109 Å². The van der Waals surface area contributed by atoms with Gasteiger partial charge in [-0.1, -0.05) is 48.5 Å². The van der Waals surface area contributed by atoms with Gasteiger partial charge in [0.2, 0.25) is 0 Å². The van der Waals surface area contributed by atoms with Gasteiger partial charge in [-0.15, -0.1) is 0 Å². The molecule has 0 spiro atoms. The Morgan fingerprint density at radius 3 is 1.81 bits per heavy atom. The Bertz CT molecular complexity index is 2180. The molecule has 0 amide bonds. The fraction of sp³-hybridized carbons (Fsp3) is 0.220. The summed E-state index contributed by atoms with van der Waals surface area (Å²) < 4.78 is 25.3. The average Bonchev–Trinajstić information content (AvgIpc) is 3.66. The van der Waals surface area contributed by atoms with Gasteiger partial charge in [0.25, 0.3) is 0 Å². The van der Waals surface area contributed by atoms with Crippen LogP contribution >= 0.6 is 0 Å². The molecule has 0 saturated carbocycles. The standard InChI is InChI=1S/C41H40N2O4/c1-41(2,3)47-36-9-7-8-32-37-35(42-39(32)36)24-33(27-12-18-30(45-5)19-13-27)40-38(37)34(28-14-20-31(46-6)21-15-28)25-43(40)23-22-26-10-16-29(44-4)17-11-26/h7-21,24-25,42H,22-23H2,1-6H3. The highest BCUT2D eigenvalue weighted by molar-refractivity contribution is 6.27. The molecule has 5 aromatic carbocycles. The molecule has 0 bridgehead atoms. The number of ether oxygens (including phenoxy) is 4. The van der Waals surface area contributed by atoms with Crippen LogP contribution in [0.4, 0.5) is 0 Å². The van der Waals surface area contributed by atoms with E-state index in [0.717, 1.165) is 69.1 Å². The molecule has 47 heavy (non-hydrogen) atoms. The lowest BCUT2D eigenvalue weighted by Gasteiger charge is -2.21. The highest BCUT2D eigenvalue weighted by Gasteiger charge is 2.23. The number of nitrogens with zero attached hydrogens (tertiary/aromatic N) is 1. The molecule has 0 aliphatic carbocycles. The Labute approximate surface area is 275 Å². The summed E-state index contributed by atoms with van der Waals surface area (Å²) in [5.74, 6) is 3.36. The summed E-state index contributed by atoms with van der Waals surface area (Å²) in [4.78, 5) is 3.78. The maximum absolute atomic E-state index is 6.47. The Balaban J connectivity index is 1.53. The monoisotopic (exact) mass is 624 g/mol. The van der Waals surface area contributed by atoms with E-state index in [1.54, 1.807) is 21.3 Å². The zero-order valence-electron chi connectivity index (χ0n) is 27.8. The van der Waals surface area contributed by atoms with E-state index in [2.05, 4.69) is 97.2 Å². The maximum atomic E-state index is 6.47. The number of hydrogen-bond donors (Lipinski definition) is 1. The summed E-state index contributed by atoms with van der Waals surface area (Å²) in [6.07, 6.45) is 3.18. The number of methoxy groups -OCH3 is 3. The summed E-state index contributed by atoms with van der Waals surface area (Å²) in [5, 5.41) is 3.52. The molecule has 1 N–H and O–H groups in total. The number of benzene rings is 5. The van der Waals surface area contributed by atoms with E-state index >= 15 is 0 Å². The second kappa shape index (κ2) is 12.1. The first-order valence-corrected chi connectivity index (χ1v) is 16.0. The molecule has 6 nitrogen and oxygen atoms in total. The van der Waals surface area contributed by atoms with Crippen LogP contribution in [0.1, 0.15) is 26.3 Å². The number of hydrogen-bond acceptors (Lipinski definition) is 4. The highest BCUT2D eigenvalue weighted by Crippen LogP contribution is 2.46. The molecule has 238 valence electrons. The van der Waals surface area contributed by atoms with Crippen LogP contribution in [0.3, 0.4) is 0 Å². The third-order valence-electron chi connectivity index (χ3n) is 8.72. The number of aryl methyl sites for hydroxylation is 2. The van der Waals surface area contributed by atoms with Crippen molar-refractivity contribution >= 4 is 32.7 Å². The van der Waals surface area contributed by atoms with Gasteiger partial charge in [0.05, 0.1) is 32.4 Å². The van der Waals surface area contributed by atoms with E-state index in [9.17, 15) is 0 Å². The molecule has 0 aliphatic heterocycles. The van der Waals surface area contributed by atoms with Crippen molar-refractivity contribution in [2.24, 2.45) is 0 Å². The molecule has 2 aromatic heterocycles. The van der Waals surface area contributed by atoms with E-state index in [1.165, 1.54) is 27.4 Å². The van der Waals surface area contributed by atoms with Gasteiger partial charge in [0.1, 0.15) is 28.6 Å². The minimum Gasteiger partial charge on any atom is -0.497 e. The fourth-order valence-electron chi connectivity index (χ4n) is 6.51. The molecule has 7 rings (SSSR count). The smallest absolute Gasteiger partial charge is 0.144 e. The van der Waals surface area contributed by atoms with Crippen LogP contribution in [-0.4, -0.2) is 36.5 Å². The number of nitrogens with one attached hydrogen (secondary N) is 1. The summed E-state index contributed by atoms with van der Waals surface area (Å²) in [5.41, 5.74) is 8.72. The number of H-pyrrole nitrogens is 1. The van der Waals surface area contributed by atoms with E-state index in [0.29, 0.717) is 0 Å². The van der Waals surface area contributed by atoms with Crippen molar-refractivity contribution in [2.45, 2.75) is 39.3 Å². The van der Waals surface area contributed by atoms with E-state index < -0.39 is 0 Å². The number of aromatic nitrogens is 2. The maximum Gasteiger partial charge on any atom is 0.144 e. The van der Waals surface area contributed by atoms with Crippen molar-refractivity contribution in [2.75, 3.05) is 21.3 Å². The van der Waals surface area contributed by atoms with Gasteiger partial charge in [-0.05, 0) is 92.4 Å². The molecule has 0 aliphatic rings.